The lowest BCUT2D eigenvalue weighted by Crippen LogP contribution is -2.48. The third-order valence-corrected chi connectivity index (χ3v) is 8.54. The number of amides is 1. The van der Waals surface area contributed by atoms with Crippen molar-refractivity contribution in [3.05, 3.63) is 30.5 Å². The maximum absolute atomic E-state index is 13.1. The first-order valence-electron chi connectivity index (χ1n) is 11.1. The Balaban J connectivity index is 1.27. The number of piperazine rings is 1. The number of aryl methyl sites for hydroxylation is 1. The molecule has 2 fully saturated rings. The van der Waals surface area contributed by atoms with E-state index in [0.717, 1.165) is 43.6 Å². The van der Waals surface area contributed by atoms with Gasteiger partial charge in [0.2, 0.25) is 15.9 Å². The number of carbonyl (C=O) groups is 1. The van der Waals surface area contributed by atoms with Gasteiger partial charge in [-0.3, -0.25) is 9.69 Å². The highest BCUT2D eigenvalue weighted by Crippen LogP contribution is 2.26. The molecule has 1 amide bonds. The van der Waals surface area contributed by atoms with E-state index in [1.165, 1.54) is 4.31 Å². The molecular formula is C22H33N5O3S. The largest absolute Gasteiger partial charge is 0.355 e. The molecule has 0 aliphatic carbocycles. The van der Waals surface area contributed by atoms with E-state index in [2.05, 4.69) is 22.2 Å². The first kappa shape index (κ1) is 22.3. The van der Waals surface area contributed by atoms with Gasteiger partial charge in [-0.15, -0.1) is 0 Å². The van der Waals surface area contributed by atoms with Gasteiger partial charge < -0.3 is 14.8 Å². The zero-order valence-corrected chi connectivity index (χ0v) is 19.3. The Morgan fingerprint density at radius 3 is 2.45 bits per heavy atom. The smallest absolute Gasteiger partial charge is 0.243 e. The molecule has 3 heterocycles. The van der Waals surface area contributed by atoms with Crippen molar-refractivity contribution >= 4 is 26.8 Å². The predicted octanol–water partition coefficient (Wildman–Crippen LogP) is 0.943. The highest BCUT2D eigenvalue weighted by atomic mass is 32.2. The van der Waals surface area contributed by atoms with Crippen LogP contribution in [0.25, 0.3) is 10.9 Å². The van der Waals surface area contributed by atoms with Crippen LogP contribution in [-0.4, -0.2) is 92.4 Å². The van der Waals surface area contributed by atoms with Crippen LogP contribution in [0.1, 0.15) is 12.8 Å². The van der Waals surface area contributed by atoms with Gasteiger partial charge in [0.25, 0.3) is 0 Å². The SMILES string of the molecule is CN1CCN(CCNC(=O)C2CCN(S(=O)(=O)c3ccc4c(ccn4C)c3)CC2)CC1. The minimum absolute atomic E-state index is 0.0527. The topological polar surface area (TPSA) is 77.9 Å². The Bertz CT molecular complexity index is 1020. The molecule has 2 aromatic rings. The molecule has 1 aromatic heterocycles. The van der Waals surface area contributed by atoms with Crippen molar-refractivity contribution in [3.63, 3.8) is 0 Å². The minimum atomic E-state index is -3.55. The first-order valence-corrected chi connectivity index (χ1v) is 12.5. The van der Waals surface area contributed by atoms with Crippen LogP contribution in [0.4, 0.5) is 0 Å². The number of piperidine rings is 1. The van der Waals surface area contributed by atoms with Gasteiger partial charge in [0.05, 0.1) is 4.90 Å². The fourth-order valence-electron chi connectivity index (χ4n) is 4.48. The second-order valence-electron chi connectivity index (χ2n) is 8.76. The maximum Gasteiger partial charge on any atom is 0.243 e. The van der Waals surface area contributed by atoms with Gasteiger partial charge in [-0.25, -0.2) is 8.42 Å². The molecule has 8 nitrogen and oxygen atoms in total. The fourth-order valence-corrected chi connectivity index (χ4v) is 5.99. The number of likely N-dealkylation sites (N-methyl/N-ethyl adjacent to an activating group) is 1. The lowest BCUT2D eigenvalue weighted by atomic mass is 9.97. The Morgan fingerprint density at radius 1 is 1.03 bits per heavy atom. The number of aromatic nitrogens is 1. The summed E-state index contributed by atoms with van der Waals surface area (Å²) in [4.78, 5) is 17.6. The summed E-state index contributed by atoms with van der Waals surface area (Å²) in [7, 11) is 0.525. The summed E-state index contributed by atoms with van der Waals surface area (Å²) in [5.74, 6) is -0.0626. The van der Waals surface area contributed by atoms with Crippen LogP contribution in [0.2, 0.25) is 0 Å². The highest BCUT2D eigenvalue weighted by Gasteiger charge is 2.32. The van der Waals surface area contributed by atoms with Crippen molar-refractivity contribution < 1.29 is 13.2 Å². The number of carbonyl (C=O) groups excluding carboxylic acids is 1. The molecule has 31 heavy (non-hydrogen) atoms. The van der Waals surface area contributed by atoms with Crippen LogP contribution < -0.4 is 5.32 Å². The van der Waals surface area contributed by atoms with Gasteiger partial charge in [0.15, 0.2) is 0 Å². The molecule has 2 saturated heterocycles. The summed E-state index contributed by atoms with van der Waals surface area (Å²) < 4.78 is 29.7. The summed E-state index contributed by atoms with van der Waals surface area (Å²) in [6.45, 7) is 6.50. The Kier molecular flexibility index (Phi) is 6.66. The van der Waals surface area contributed by atoms with Crippen molar-refractivity contribution in [2.24, 2.45) is 13.0 Å². The van der Waals surface area contributed by atoms with Crippen LogP contribution in [0, 0.1) is 5.92 Å². The van der Waals surface area contributed by atoms with Crippen molar-refractivity contribution in [1.82, 2.24) is 24.0 Å². The molecule has 2 aliphatic rings. The van der Waals surface area contributed by atoms with Gasteiger partial charge in [-0.2, -0.15) is 4.31 Å². The zero-order chi connectivity index (χ0) is 22.0. The summed E-state index contributed by atoms with van der Waals surface area (Å²) in [5, 5.41) is 3.97. The molecule has 0 unspecified atom stereocenters. The number of sulfonamides is 1. The van der Waals surface area contributed by atoms with E-state index in [1.54, 1.807) is 12.1 Å². The van der Waals surface area contributed by atoms with Crippen LogP contribution in [0.15, 0.2) is 35.4 Å². The van der Waals surface area contributed by atoms with Gasteiger partial charge in [-0.1, -0.05) is 0 Å². The van der Waals surface area contributed by atoms with E-state index in [4.69, 9.17) is 0 Å². The van der Waals surface area contributed by atoms with Crippen LogP contribution in [0.5, 0.6) is 0 Å². The fraction of sp³-hybridized carbons (Fsp3) is 0.591. The molecule has 2 aliphatic heterocycles. The number of rotatable bonds is 6. The number of nitrogens with one attached hydrogen (secondary N) is 1. The molecular weight excluding hydrogens is 414 g/mol. The third-order valence-electron chi connectivity index (χ3n) is 6.64. The van der Waals surface area contributed by atoms with Gasteiger partial charge >= 0.3 is 0 Å². The van der Waals surface area contributed by atoms with E-state index >= 15 is 0 Å². The van der Waals surface area contributed by atoms with E-state index in [-0.39, 0.29) is 11.8 Å². The number of hydrogen-bond donors (Lipinski definition) is 1. The normalized spacial score (nSPS) is 20.3. The Labute approximate surface area is 184 Å². The van der Waals surface area contributed by atoms with Gasteiger partial charge in [-0.05, 0) is 44.2 Å². The number of hydrogen-bond acceptors (Lipinski definition) is 5. The molecule has 1 aromatic carbocycles. The Morgan fingerprint density at radius 2 is 1.74 bits per heavy atom. The van der Waals surface area contributed by atoms with Crippen molar-refractivity contribution in [2.45, 2.75) is 17.7 Å². The molecule has 1 N–H and O–H groups in total. The van der Waals surface area contributed by atoms with E-state index in [1.807, 2.05) is 29.9 Å². The summed E-state index contributed by atoms with van der Waals surface area (Å²) in [6.07, 6.45) is 3.05. The van der Waals surface area contributed by atoms with Crippen molar-refractivity contribution in [1.29, 1.82) is 0 Å². The highest BCUT2D eigenvalue weighted by molar-refractivity contribution is 7.89. The Hall–Kier alpha value is -1.94. The van der Waals surface area contributed by atoms with Crippen LogP contribution >= 0.6 is 0 Å². The van der Waals surface area contributed by atoms with Crippen LogP contribution in [-0.2, 0) is 21.9 Å². The molecule has 0 spiro atoms. The number of fused-ring (bicyclic) bond motifs is 1. The summed E-state index contributed by atoms with van der Waals surface area (Å²) in [6, 6.07) is 7.19. The quantitative estimate of drug-likeness (QED) is 0.713. The zero-order valence-electron chi connectivity index (χ0n) is 18.5. The lowest BCUT2D eigenvalue weighted by molar-refractivity contribution is -0.126. The van der Waals surface area contributed by atoms with Gasteiger partial charge in [0.1, 0.15) is 0 Å². The molecule has 0 radical (unpaired) electrons. The maximum atomic E-state index is 13.1. The van der Waals surface area contributed by atoms with Crippen molar-refractivity contribution in [3.8, 4) is 0 Å². The molecule has 0 saturated carbocycles. The summed E-state index contributed by atoms with van der Waals surface area (Å²) >= 11 is 0. The van der Waals surface area contributed by atoms with Crippen molar-refractivity contribution in [2.75, 3.05) is 59.4 Å². The van der Waals surface area contributed by atoms with Crippen LogP contribution in [0.3, 0.4) is 0 Å². The predicted molar refractivity (Wildman–Crippen MR) is 121 cm³/mol. The number of nitrogens with zero attached hydrogens (tertiary/aromatic N) is 4. The van der Waals surface area contributed by atoms with E-state index in [0.29, 0.717) is 37.4 Å². The number of benzene rings is 1. The molecule has 4 rings (SSSR count). The monoisotopic (exact) mass is 447 g/mol. The third kappa shape index (κ3) is 4.95. The van der Waals surface area contributed by atoms with E-state index < -0.39 is 10.0 Å². The lowest BCUT2D eigenvalue weighted by Gasteiger charge is -2.33. The average molecular weight is 448 g/mol. The second kappa shape index (κ2) is 9.28. The first-order chi connectivity index (χ1) is 14.8. The van der Waals surface area contributed by atoms with Gasteiger partial charge in [0, 0.05) is 82.4 Å². The standard InChI is InChI=1S/C22H33N5O3S/c1-24-13-15-26(16-14-24)12-8-23-22(28)18-6-10-27(11-7-18)31(29,30)20-3-4-21-19(17-20)5-9-25(21)2/h3-5,9,17-18H,6-8,10-16H2,1-2H3,(H,23,28). The molecule has 170 valence electrons. The summed E-state index contributed by atoms with van der Waals surface area (Å²) in [5.41, 5.74) is 1.01. The minimum Gasteiger partial charge on any atom is -0.355 e. The van der Waals surface area contributed by atoms with E-state index in [9.17, 15) is 13.2 Å². The second-order valence-corrected chi connectivity index (χ2v) is 10.7. The average Bonchev–Trinajstić information content (AvgIpc) is 3.15. The molecule has 9 heteroatoms. The molecule has 0 atom stereocenters. The molecule has 0 bridgehead atoms.